The van der Waals surface area contributed by atoms with Gasteiger partial charge in [-0.25, -0.2) is 9.78 Å². The predicted octanol–water partition coefficient (Wildman–Crippen LogP) is 4.42. The minimum Gasteiger partial charge on any atom is -0.410 e. The molecule has 6 nitrogen and oxygen atoms in total. The predicted molar refractivity (Wildman–Crippen MR) is 108 cm³/mol. The van der Waals surface area contributed by atoms with Crippen molar-refractivity contribution < 1.29 is 19.4 Å². The maximum atomic E-state index is 12.0. The number of nitrogens with one attached hydrogen (secondary N) is 1. The van der Waals surface area contributed by atoms with Gasteiger partial charge in [0.1, 0.15) is 16.4 Å². The highest BCUT2D eigenvalue weighted by Gasteiger charge is 2.34. The van der Waals surface area contributed by atoms with Gasteiger partial charge in [0, 0.05) is 37.9 Å². The van der Waals surface area contributed by atoms with Gasteiger partial charge in [-0.3, -0.25) is 5.32 Å². The fourth-order valence-electron chi connectivity index (χ4n) is 3.00. The van der Waals surface area contributed by atoms with Gasteiger partial charge in [-0.15, -0.1) is 11.3 Å². The van der Waals surface area contributed by atoms with E-state index in [4.69, 9.17) is 9.47 Å². The molecule has 4 rings (SSSR count). The van der Waals surface area contributed by atoms with Crippen LogP contribution in [0.4, 0.5) is 10.5 Å². The van der Waals surface area contributed by atoms with E-state index >= 15 is 0 Å². The van der Waals surface area contributed by atoms with E-state index in [9.17, 15) is 9.90 Å². The summed E-state index contributed by atoms with van der Waals surface area (Å²) in [4.78, 5) is 17.4. The van der Waals surface area contributed by atoms with Crippen molar-refractivity contribution in [2.45, 2.75) is 18.4 Å². The van der Waals surface area contributed by atoms with Crippen molar-refractivity contribution in [3.05, 3.63) is 65.8 Å². The lowest BCUT2D eigenvalue weighted by Gasteiger charge is -2.29. The molecule has 28 heavy (non-hydrogen) atoms. The van der Waals surface area contributed by atoms with E-state index < -0.39 is 11.7 Å². The molecule has 1 aromatic heterocycles. The zero-order chi connectivity index (χ0) is 19.4. The first-order valence-electron chi connectivity index (χ1n) is 9.03. The van der Waals surface area contributed by atoms with Crippen molar-refractivity contribution in [1.29, 1.82) is 0 Å². The smallest absolute Gasteiger partial charge is 0.410 e. The fourth-order valence-corrected chi connectivity index (χ4v) is 4.07. The first-order chi connectivity index (χ1) is 13.6. The second-order valence-corrected chi connectivity index (χ2v) is 7.61. The molecule has 2 aromatic carbocycles. The number of thiazole rings is 1. The third kappa shape index (κ3) is 4.22. The van der Waals surface area contributed by atoms with Crippen LogP contribution in [-0.2, 0) is 10.3 Å². The van der Waals surface area contributed by atoms with Crippen LogP contribution in [0, 0.1) is 0 Å². The molecule has 1 saturated heterocycles. The van der Waals surface area contributed by atoms with Crippen LogP contribution in [0.25, 0.3) is 10.4 Å². The average molecular weight is 396 g/mol. The van der Waals surface area contributed by atoms with Crippen LogP contribution in [0.15, 0.2) is 60.8 Å². The molecule has 1 amide bonds. The van der Waals surface area contributed by atoms with E-state index in [0.717, 1.165) is 15.4 Å². The largest absolute Gasteiger partial charge is 0.417 e. The number of aliphatic hydroxyl groups is 1. The van der Waals surface area contributed by atoms with Crippen LogP contribution in [-0.4, -0.2) is 29.4 Å². The van der Waals surface area contributed by atoms with E-state index in [1.54, 1.807) is 30.5 Å². The molecule has 144 valence electrons. The Kier molecular flexibility index (Phi) is 5.38. The zero-order valence-electron chi connectivity index (χ0n) is 15.1. The van der Waals surface area contributed by atoms with Crippen LogP contribution < -0.4 is 10.1 Å². The Hall–Kier alpha value is -2.74. The Morgan fingerprint density at radius 2 is 1.82 bits per heavy atom. The summed E-state index contributed by atoms with van der Waals surface area (Å²) in [7, 11) is 0. The monoisotopic (exact) mass is 396 g/mol. The normalized spacial score (nSPS) is 15.8. The van der Waals surface area contributed by atoms with Gasteiger partial charge in [0.25, 0.3) is 0 Å². The molecule has 2 heterocycles. The van der Waals surface area contributed by atoms with Crippen LogP contribution in [0.1, 0.15) is 17.8 Å². The molecule has 0 spiro atoms. The lowest BCUT2D eigenvalue weighted by molar-refractivity contribution is -0.0679. The summed E-state index contributed by atoms with van der Waals surface area (Å²) in [5.41, 5.74) is 0.711. The minimum absolute atomic E-state index is 0.486. The number of ether oxygens (including phenoxy) is 2. The molecular formula is C21H20N2O4S. The number of amides is 1. The number of benzene rings is 2. The highest BCUT2D eigenvalue weighted by Crippen LogP contribution is 2.37. The van der Waals surface area contributed by atoms with Crippen molar-refractivity contribution in [2.75, 3.05) is 18.5 Å². The number of hydrogen-bond donors (Lipinski definition) is 2. The summed E-state index contributed by atoms with van der Waals surface area (Å²) in [5, 5.41) is 14.2. The summed E-state index contributed by atoms with van der Waals surface area (Å²) in [5.74, 6) is 0.486. The number of carbonyl (C=O) groups excluding carboxylic acids is 1. The van der Waals surface area contributed by atoms with Gasteiger partial charge < -0.3 is 14.6 Å². The van der Waals surface area contributed by atoms with Crippen LogP contribution in [0.3, 0.4) is 0 Å². The third-order valence-electron chi connectivity index (χ3n) is 4.59. The summed E-state index contributed by atoms with van der Waals surface area (Å²) >= 11 is 1.48. The molecule has 0 atom stereocenters. The van der Waals surface area contributed by atoms with Crippen molar-refractivity contribution in [1.82, 2.24) is 4.98 Å². The summed E-state index contributed by atoms with van der Waals surface area (Å²) in [6.45, 7) is 1.09. The van der Waals surface area contributed by atoms with Crippen LogP contribution >= 0.6 is 11.3 Å². The standard InChI is InChI=1S/C21H20N2O4S/c24-20(27-17-4-2-1-3-5-17)23-16-8-6-15(7-9-16)18-14-22-19(28-18)21(25)10-12-26-13-11-21/h1-9,14,25H,10-13H2,(H,23,24). The van der Waals surface area contributed by atoms with E-state index in [-0.39, 0.29) is 0 Å². The Bertz CT molecular complexity index is 935. The van der Waals surface area contributed by atoms with Crippen molar-refractivity contribution in [2.24, 2.45) is 0 Å². The molecule has 1 aliphatic rings. The summed E-state index contributed by atoms with van der Waals surface area (Å²) < 4.78 is 10.6. The van der Waals surface area contributed by atoms with Gasteiger partial charge in [-0.1, -0.05) is 30.3 Å². The average Bonchev–Trinajstić information content (AvgIpc) is 3.21. The Labute approximate surface area is 166 Å². The number of nitrogens with zero attached hydrogens (tertiary/aromatic N) is 1. The molecule has 1 aliphatic heterocycles. The number of anilines is 1. The lowest BCUT2D eigenvalue weighted by Crippen LogP contribution is -2.33. The first kappa shape index (κ1) is 18.6. The zero-order valence-corrected chi connectivity index (χ0v) is 15.9. The number of carbonyl (C=O) groups is 1. The molecule has 0 bridgehead atoms. The van der Waals surface area contributed by atoms with Crippen molar-refractivity contribution in [3.63, 3.8) is 0 Å². The van der Waals surface area contributed by atoms with E-state index in [2.05, 4.69) is 10.3 Å². The second-order valence-electron chi connectivity index (χ2n) is 6.58. The van der Waals surface area contributed by atoms with Crippen LogP contribution in [0.2, 0.25) is 0 Å². The summed E-state index contributed by atoms with van der Waals surface area (Å²) in [6, 6.07) is 16.3. The van der Waals surface area contributed by atoms with Crippen LogP contribution in [0.5, 0.6) is 5.75 Å². The Balaban J connectivity index is 1.41. The van der Waals surface area contributed by atoms with Gasteiger partial charge in [-0.2, -0.15) is 0 Å². The van der Waals surface area contributed by atoms with Gasteiger partial charge in [0.05, 0.1) is 4.88 Å². The van der Waals surface area contributed by atoms with E-state index in [0.29, 0.717) is 37.5 Å². The second kappa shape index (κ2) is 8.10. The maximum Gasteiger partial charge on any atom is 0.417 e. The SMILES string of the molecule is O=C(Nc1ccc(-c2cnc(C3(O)CCOCC3)s2)cc1)Oc1ccccc1. The molecule has 0 aliphatic carbocycles. The number of aromatic nitrogens is 1. The van der Waals surface area contributed by atoms with Crippen molar-refractivity contribution >= 4 is 23.1 Å². The fraction of sp³-hybridized carbons (Fsp3) is 0.238. The lowest BCUT2D eigenvalue weighted by atomic mass is 9.95. The topological polar surface area (TPSA) is 80.7 Å². The molecule has 0 unspecified atom stereocenters. The molecule has 0 saturated carbocycles. The number of rotatable bonds is 4. The summed E-state index contributed by atoms with van der Waals surface area (Å²) in [6.07, 6.45) is 2.36. The molecule has 1 fully saturated rings. The molecule has 0 radical (unpaired) electrons. The number of para-hydroxylation sites is 1. The first-order valence-corrected chi connectivity index (χ1v) is 9.85. The molecule has 7 heteroatoms. The molecular weight excluding hydrogens is 376 g/mol. The van der Waals surface area contributed by atoms with Gasteiger partial charge in [0.2, 0.25) is 0 Å². The van der Waals surface area contributed by atoms with E-state index in [1.165, 1.54) is 11.3 Å². The highest BCUT2D eigenvalue weighted by molar-refractivity contribution is 7.15. The minimum atomic E-state index is -0.899. The molecule has 3 aromatic rings. The number of hydrogen-bond acceptors (Lipinski definition) is 6. The third-order valence-corrected chi connectivity index (χ3v) is 5.83. The van der Waals surface area contributed by atoms with Gasteiger partial charge in [0.15, 0.2) is 0 Å². The Morgan fingerprint density at radius 3 is 2.54 bits per heavy atom. The maximum absolute atomic E-state index is 12.0. The van der Waals surface area contributed by atoms with Gasteiger partial charge in [-0.05, 0) is 29.8 Å². The molecule has 2 N–H and O–H groups in total. The highest BCUT2D eigenvalue weighted by atomic mass is 32.1. The van der Waals surface area contributed by atoms with Gasteiger partial charge >= 0.3 is 6.09 Å². The quantitative estimate of drug-likeness (QED) is 0.682. The van der Waals surface area contributed by atoms with Crippen molar-refractivity contribution in [3.8, 4) is 16.2 Å². The Morgan fingerprint density at radius 1 is 1.11 bits per heavy atom. The van der Waals surface area contributed by atoms with E-state index in [1.807, 2.05) is 30.3 Å².